The van der Waals surface area contributed by atoms with Crippen LogP contribution in [0.5, 0.6) is 11.5 Å². The van der Waals surface area contributed by atoms with Crippen molar-refractivity contribution in [3.8, 4) is 11.5 Å². The van der Waals surface area contributed by atoms with Gasteiger partial charge in [-0.2, -0.15) is 13.9 Å². The zero-order chi connectivity index (χ0) is 15.4. The van der Waals surface area contributed by atoms with Crippen molar-refractivity contribution in [3.05, 3.63) is 41.7 Å². The molecule has 2 aromatic rings. The van der Waals surface area contributed by atoms with Crippen molar-refractivity contribution >= 4 is 0 Å². The first-order valence-electron chi connectivity index (χ1n) is 6.46. The van der Waals surface area contributed by atoms with Crippen molar-refractivity contribution in [2.75, 3.05) is 7.11 Å². The molecule has 1 aromatic carbocycles. The van der Waals surface area contributed by atoms with Gasteiger partial charge in [-0.3, -0.25) is 4.68 Å². The minimum atomic E-state index is -2.84. The second-order valence-corrected chi connectivity index (χ2v) is 4.34. The number of aryl methyl sites for hydroxylation is 1. The fraction of sp³-hybridized carbons (Fsp3) is 0.357. The summed E-state index contributed by atoms with van der Waals surface area (Å²) >= 11 is 0. The molecule has 0 fully saturated rings. The third-order valence-corrected chi connectivity index (χ3v) is 3.12. The van der Waals surface area contributed by atoms with E-state index in [1.165, 1.54) is 12.1 Å². The fourth-order valence-electron chi connectivity index (χ4n) is 2.12. The van der Waals surface area contributed by atoms with Gasteiger partial charge in [0.15, 0.2) is 5.75 Å². The van der Waals surface area contributed by atoms with Crippen LogP contribution in [-0.4, -0.2) is 23.5 Å². The molecule has 2 N–H and O–H groups in total. The van der Waals surface area contributed by atoms with Crippen LogP contribution in [0.1, 0.15) is 24.2 Å². The van der Waals surface area contributed by atoms with Gasteiger partial charge in [-0.1, -0.05) is 12.1 Å². The zero-order valence-corrected chi connectivity index (χ0v) is 11.8. The number of benzene rings is 1. The van der Waals surface area contributed by atoms with E-state index in [1.54, 1.807) is 30.1 Å². The lowest BCUT2D eigenvalue weighted by Gasteiger charge is -2.16. The average Bonchev–Trinajstić information content (AvgIpc) is 2.89. The number of aromatic nitrogens is 2. The second kappa shape index (κ2) is 6.53. The highest BCUT2D eigenvalue weighted by Gasteiger charge is 2.20. The Balaban J connectivity index is 2.27. The molecule has 1 heterocycles. The number of nitrogens with zero attached hydrogens (tertiary/aromatic N) is 2. The van der Waals surface area contributed by atoms with Crippen LogP contribution in [0.25, 0.3) is 0 Å². The summed E-state index contributed by atoms with van der Waals surface area (Å²) in [7, 11) is 1.55. The van der Waals surface area contributed by atoms with Gasteiger partial charge in [0.2, 0.25) is 0 Å². The van der Waals surface area contributed by atoms with E-state index in [9.17, 15) is 8.78 Å². The summed E-state index contributed by atoms with van der Waals surface area (Å²) in [5.74, 6) is 0.689. The number of hydrogen-bond donors (Lipinski definition) is 1. The fourth-order valence-corrected chi connectivity index (χ4v) is 2.12. The van der Waals surface area contributed by atoms with E-state index in [2.05, 4.69) is 9.84 Å². The van der Waals surface area contributed by atoms with Crippen LogP contribution in [0.15, 0.2) is 30.5 Å². The maximum atomic E-state index is 12.1. The molecule has 2 rings (SSSR count). The molecule has 114 valence electrons. The average molecular weight is 297 g/mol. The highest BCUT2D eigenvalue weighted by Crippen LogP contribution is 2.29. The molecule has 1 aromatic heterocycles. The smallest absolute Gasteiger partial charge is 0.387 e. The summed E-state index contributed by atoms with van der Waals surface area (Å²) in [5.41, 5.74) is 7.73. The van der Waals surface area contributed by atoms with Gasteiger partial charge in [0.05, 0.1) is 19.3 Å². The highest BCUT2D eigenvalue weighted by molar-refractivity contribution is 5.38. The van der Waals surface area contributed by atoms with Crippen LogP contribution in [0.3, 0.4) is 0 Å². The Bertz CT molecular complexity index is 563. The van der Waals surface area contributed by atoms with E-state index in [0.717, 1.165) is 11.3 Å². The van der Waals surface area contributed by atoms with Crippen molar-refractivity contribution in [2.24, 2.45) is 5.73 Å². The zero-order valence-electron chi connectivity index (χ0n) is 11.8. The van der Waals surface area contributed by atoms with Crippen molar-refractivity contribution in [2.45, 2.75) is 26.1 Å². The minimum Gasteiger partial charge on any atom is -0.493 e. The van der Waals surface area contributed by atoms with Gasteiger partial charge in [-0.05, 0) is 24.6 Å². The van der Waals surface area contributed by atoms with Crippen LogP contribution in [0.2, 0.25) is 0 Å². The molecule has 1 unspecified atom stereocenters. The Labute approximate surface area is 121 Å². The summed E-state index contributed by atoms with van der Waals surface area (Å²) in [5, 5.41) is 4.20. The van der Waals surface area contributed by atoms with E-state index in [4.69, 9.17) is 10.5 Å². The first-order valence-corrected chi connectivity index (χ1v) is 6.46. The first-order chi connectivity index (χ1) is 10.1. The van der Waals surface area contributed by atoms with Crippen LogP contribution < -0.4 is 15.2 Å². The Kier molecular flexibility index (Phi) is 4.74. The first kappa shape index (κ1) is 15.2. The number of methoxy groups -OCH3 is 1. The van der Waals surface area contributed by atoms with Crippen LogP contribution >= 0.6 is 0 Å². The van der Waals surface area contributed by atoms with Crippen molar-refractivity contribution in [1.82, 2.24) is 9.78 Å². The molecular formula is C14H17F2N3O2. The molecule has 0 aliphatic heterocycles. The van der Waals surface area contributed by atoms with Crippen LogP contribution in [0.4, 0.5) is 8.78 Å². The van der Waals surface area contributed by atoms with Gasteiger partial charge in [0.1, 0.15) is 11.4 Å². The van der Waals surface area contributed by atoms with Gasteiger partial charge in [-0.25, -0.2) is 0 Å². The maximum absolute atomic E-state index is 12.1. The number of rotatable bonds is 6. The molecule has 0 saturated heterocycles. The predicted molar refractivity (Wildman–Crippen MR) is 73.6 cm³/mol. The van der Waals surface area contributed by atoms with Gasteiger partial charge in [0.25, 0.3) is 0 Å². The molecule has 5 nitrogen and oxygen atoms in total. The third-order valence-electron chi connectivity index (χ3n) is 3.12. The Morgan fingerprint density at radius 1 is 1.29 bits per heavy atom. The summed E-state index contributed by atoms with van der Waals surface area (Å²) in [6.07, 6.45) is 1.60. The Hall–Kier alpha value is -2.15. The van der Waals surface area contributed by atoms with Crippen LogP contribution in [-0.2, 0) is 6.54 Å². The quantitative estimate of drug-likeness (QED) is 0.890. The summed E-state index contributed by atoms with van der Waals surface area (Å²) in [4.78, 5) is 0. The van der Waals surface area contributed by atoms with Crippen LogP contribution in [0, 0.1) is 0 Å². The molecule has 0 amide bonds. The number of halogens is 2. The van der Waals surface area contributed by atoms with E-state index in [-0.39, 0.29) is 5.75 Å². The molecule has 1 atom stereocenters. The molecule has 0 spiro atoms. The highest BCUT2D eigenvalue weighted by atomic mass is 19.3. The molecule has 0 saturated carbocycles. The molecular weight excluding hydrogens is 280 g/mol. The van der Waals surface area contributed by atoms with E-state index in [1.807, 2.05) is 6.92 Å². The van der Waals surface area contributed by atoms with E-state index >= 15 is 0 Å². The molecule has 0 bridgehead atoms. The van der Waals surface area contributed by atoms with Gasteiger partial charge >= 0.3 is 6.61 Å². The topological polar surface area (TPSA) is 62.3 Å². The van der Waals surface area contributed by atoms with Crippen molar-refractivity contribution in [1.29, 1.82) is 0 Å². The minimum absolute atomic E-state index is 0.0944. The number of ether oxygens (including phenoxy) is 2. The summed E-state index contributed by atoms with van der Waals surface area (Å²) in [6.45, 7) is -0.243. The largest absolute Gasteiger partial charge is 0.493 e. The molecule has 7 heteroatoms. The van der Waals surface area contributed by atoms with Gasteiger partial charge in [-0.15, -0.1) is 0 Å². The SMILES string of the molecule is CCn1ncc(OC)c1C(N)c1ccc(OC(F)F)cc1. The molecule has 0 aliphatic carbocycles. The summed E-state index contributed by atoms with van der Waals surface area (Å²) in [6, 6.07) is 5.74. The summed E-state index contributed by atoms with van der Waals surface area (Å²) < 4.78 is 35.6. The Morgan fingerprint density at radius 3 is 2.48 bits per heavy atom. The lowest BCUT2D eigenvalue weighted by atomic mass is 10.0. The van der Waals surface area contributed by atoms with Crippen molar-refractivity contribution in [3.63, 3.8) is 0 Å². The predicted octanol–water partition coefficient (Wildman–Crippen LogP) is 2.56. The number of alkyl halides is 2. The van der Waals surface area contributed by atoms with E-state index < -0.39 is 12.7 Å². The lowest BCUT2D eigenvalue weighted by Crippen LogP contribution is -2.18. The van der Waals surface area contributed by atoms with Gasteiger partial charge < -0.3 is 15.2 Å². The van der Waals surface area contributed by atoms with Gasteiger partial charge in [0, 0.05) is 6.54 Å². The normalized spacial score (nSPS) is 12.5. The Morgan fingerprint density at radius 2 is 1.95 bits per heavy atom. The van der Waals surface area contributed by atoms with Crippen molar-refractivity contribution < 1.29 is 18.3 Å². The number of hydrogen-bond acceptors (Lipinski definition) is 4. The maximum Gasteiger partial charge on any atom is 0.387 e. The molecule has 0 aliphatic rings. The molecule has 0 radical (unpaired) electrons. The standard InChI is InChI=1S/C14H17F2N3O2/c1-3-19-13(11(20-2)8-18-19)12(17)9-4-6-10(7-5-9)21-14(15)16/h4-8,12,14H,3,17H2,1-2H3. The lowest BCUT2D eigenvalue weighted by molar-refractivity contribution is -0.0498. The second-order valence-electron chi connectivity index (χ2n) is 4.34. The monoisotopic (exact) mass is 297 g/mol. The number of nitrogens with two attached hydrogens (primary N) is 1. The molecule has 21 heavy (non-hydrogen) atoms. The van der Waals surface area contributed by atoms with E-state index in [0.29, 0.717) is 12.3 Å². The third kappa shape index (κ3) is 3.30.